The number of Topliss-reactive ketones (excluding diaryl/α,β-unsaturated/α-hetero) is 1. The second-order valence-corrected chi connectivity index (χ2v) is 4.22. The molecule has 1 atom stereocenters. The Balaban J connectivity index is 4.45. The number of carbonyl (C=O) groups excluding carboxylic acids is 2. The van der Waals surface area contributed by atoms with Gasteiger partial charge in [0.1, 0.15) is 0 Å². The molecule has 0 bridgehead atoms. The van der Waals surface area contributed by atoms with Crippen LogP contribution in [0, 0.1) is 0 Å². The summed E-state index contributed by atoms with van der Waals surface area (Å²) in [6, 6.07) is 0. The predicted molar refractivity (Wildman–Crippen MR) is 49.5 cm³/mol. The van der Waals surface area contributed by atoms with Crippen molar-refractivity contribution in [2.45, 2.75) is 23.8 Å². The molecule has 14 heavy (non-hydrogen) atoms. The lowest BCUT2D eigenvalue weighted by Gasteiger charge is -2.14. The van der Waals surface area contributed by atoms with Crippen LogP contribution in [0.1, 0.15) is 13.8 Å². The molecule has 0 aromatic carbocycles. The van der Waals surface area contributed by atoms with Crippen LogP contribution in [-0.2, 0) is 14.3 Å². The number of halogens is 3. The second-order valence-electron chi connectivity index (χ2n) is 2.31. The highest BCUT2D eigenvalue weighted by molar-refractivity contribution is 8.03. The van der Waals surface area contributed by atoms with Crippen molar-refractivity contribution in [3.63, 3.8) is 0 Å². The summed E-state index contributed by atoms with van der Waals surface area (Å²) in [5.41, 5.74) is 0. The van der Waals surface area contributed by atoms with Crippen LogP contribution in [0.2, 0.25) is 0 Å². The van der Waals surface area contributed by atoms with Crippen LogP contribution in [0.5, 0.6) is 0 Å². The predicted octanol–water partition coefficient (Wildman–Crippen LogP) is 2.03. The van der Waals surface area contributed by atoms with Crippen molar-refractivity contribution >= 4 is 35.1 Å². The van der Waals surface area contributed by atoms with Crippen LogP contribution >= 0.6 is 23.4 Å². The normalized spacial score (nSPS) is 13.5. The van der Waals surface area contributed by atoms with Gasteiger partial charge < -0.3 is 4.74 Å². The molecule has 0 heterocycles. The number of carbonyl (C=O) groups is 2. The van der Waals surface area contributed by atoms with Gasteiger partial charge in [0.2, 0.25) is 0 Å². The fourth-order valence-electron chi connectivity index (χ4n) is 0.649. The molecule has 0 spiro atoms. The van der Waals surface area contributed by atoms with Gasteiger partial charge >= 0.3 is 10.7 Å². The molecule has 0 aliphatic carbocycles. The van der Waals surface area contributed by atoms with Gasteiger partial charge in [-0.25, -0.2) is 0 Å². The first-order valence-corrected chi connectivity index (χ1v) is 4.95. The van der Waals surface area contributed by atoms with Crippen LogP contribution in [0.3, 0.4) is 0 Å². The first kappa shape index (κ1) is 13.6. The molecule has 0 aliphatic heterocycles. The Morgan fingerprint density at radius 3 is 2.36 bits per heavy atom. The third kappa shape index (κ3) is 5.39. The number of thioether (sulfide) groups is 1. The van der Waals surface area contributed by atoms with Crippen LogP contribution in [-0.4, -0.2) is 28.3 Å². The molecule has 0 amide bonds. The van der Waals surface area contributed by atoms with Crippen molar-refractivity contribution in [3.05, 3.63) is 0 Å². The Hall–Kier alpha value is -0.360. The minimum Gasteiger partial charge on any atom is -0.465 e. The van der Waals surface area contributed by atoms with Gasteiger partial charge in [0.05, 0.1) is 6.61 Å². The van der Waals surface area contributed by atoms with E-state index in [2.05, 4.69) is 16.3 Å². The van der Waals surface area contributed by atoms with Crippen molar-refractivity contribution in [2.24, 2.45) is 0 Å². The Bertz CT molecular complexity index is 229. The maximum absolute atomic E-state index is 12.3. The number of ether oxygens (including phenoxy) is 1. The minimum absolute atomic E-state index is 0.0248. The zero-order valence-electron chi connectivity index (χ0n) is 7.55. The molecule has 0 aromatic heterocycles. The fraction of sp³-hybridized carbons (Fsp3) is 0.714. The molecular weight excluding hydrogens is 238 g/mol. The molecule has 1 unspecified atom stereocenters. The topological polar surface area (TPSA) is 43.4 Å². The quantitative estimate of drug-likeness (QED) is 0.423. The first-order chi connectivity index (χ1) is 6.28. The standard InChI is InChI=1S/C7H9ClF2O3S/c1-3-13-6(12)5(4(2)11)14-7(8,9)10/h5H,3H2,1-2H3. The third-order valence-corrected chi connectivity index (χ3v) is 2.42. The number of esters is 1. The highest BCUT2D eigenvalue weighted by Crippen LogP contribution is 2.37. The van der Waals surface area contributed by atoms with E-state index in [1.165, 1.54) is 6.92 Å². The molecule has 82 valence electrons. The summed E-state index contributed by atoms with van der Waals surface area (Å²) < 4.78 is 25.4. The third-order valence-electron chi connectivity index (χ3n) is 1.12. The van der Waals surface area contributed by atoms with Crippen molar-refractivity contribution < 1.29 is 23.1 Å². The van der Waals surface area contributed by atoms with Crippen molar-refractivity contribution in [2.75, 3.05) is 6.61 Å². The van der Waals surface area contributed by atoms with E-state index < -0.39 is 21.7 Å². The van der Waals surface area contributed by atoms with Gasteiger partial charge in [-0.15, -0.1) is 0 Å². The smallest absolute Gasteiger partial charge is 0.372 e. The molecule has 0 aromatic rings. The van der Waals surface area contributed by atoms with E-state index >= 15 is 0 Å². The van der Waals surface area contributed by atoms with Crippen molar-refractivity contribution in [1.29, 1.82) is 0 Å². The van der Waals surface area contributed by atoms with Gasteiger partial charge in [0.25, 0.3) is 0 Å². The summed E-state index contributed by atoms with van der Waals surface area (Å²) in [6.45, 7) is 2.56. The van der Waals surface area contributed by atoms with Gasteiger partial charge in [0.15, 0.2) is 11.0 Å². The summed E-state index contributed by atoms with van der Waals surface area (Å²) >= 11 is 4.35. The monoisotopic (exact) mass is 246 g/mol. The Morgan fingerprint density at radius 2 is 2.07 bits per heavy atom. The van der Waals surface area contributed by atoms with Gasteiger partial charge in [-0.1, -0.05) is 0 Å². The Morgan fingerprint density at radius 1 is 1.57 bits per heavy atom. The number of hydrogen-bond acceptors (Lipinski definition) is 4. The minimum atomic E-state index is -3.65. The van der Waals surface area contributed by atoms with Crippen LogP contribution in [0.15, 0.2) is 0 Å². The van der Waals surface area contributed by atoms with Crippen molar-refractivity contribution in [3.8, 4) is 0 Å². The molecule has 0 radical (unpaired) electrons. The summed E-state index contributed by atoms with van der Waals surface area (Å²) in [4.78, 5) is 21.8. The van der Waals surface area contributed by atoms with Crippen LogP contribution in [0.4, 0.5) is 8.78 Å². The van der Waals surface area contributed by atoms with Gasteiger partial charge in [-0.05, 0) is 37.2 Å². The van der Waals surface area contributed by atoms with E-state index in [1.807, 2.05) is 0 Å². The lowest BCUT2D eigenvalue weighted by atomic mass is 10.3. The van der Waals surface area contributed by atoms with E-state index in [4.69, 9.17) is 0 Å². The van der Waals surface area contributed by atoms with Gasteiger partial charge in [-0.2, -0.15) is 8.78 Å². The molecule has 0 saturated carbocycles. The fourth-order valence-corrected chi connectivity index (χ4v) is 1.51. The Labute approximate surface area is 89.1 Å². The van der Waals surface area contributed by atoms with E-state index in [-0.39, 0.29) is 18.4 Å². The summed E-state index contributed by atoms with van der Waals surface area (Å²) in [7, 11) is 0. The van der Waals surface area contributed by atoms with E-state index in [9.17, 15) is 18.4 Å². The van der Waals surface area contributed by atoms with Gasteiger partial charge in [0, 0.05) is 0 Å². The van der Waals surface area contributed by atoms with Crippen LogP contribution < -0.4 is 0 Å². The van der Waals surface area contributed by atoms with Gasteiger partial charge in [-0.3, -0.25) is 9.59 Å². The maximum atomic E-state index is 12.3. The highest BCUT2D eigenvalue weighted by atomic mass is 35.5. The average molecular weight is 247 g/mol. The SMILES string of the molecule is CCOC(=O)C(SC(F)(F)Cl)C(C)=O. The Kier molecular flexibility index (Phi) is 5.36. The number of alkyl halides is 3. The van der Waals surface area contributed by atoms with Crippen molar-refractivity contribution in [1.82, 2.24) is 0 Å². The van der Waals surface area contributed by atoms with E-state index in [1.54, 1.807) is 0 Å². The average Bonchev–Trinajstić information content (AvgIpc) is 1.98. The van der Waals surface area contributed by atoms with E-state index in [0.717, 1.165) is 6.92 Å². The lowest BCUT2D eigenvalue weighted by molar-refractivity contribution is -0.144. The van der Waals surface area contributed by atoms with E-state index in [0.29, 0.717) is 0 Å². The number of hydrogen-bond donors (Lipinski definition) is 0. The number of rotatable bonds is 5. The number of ketones is 1. The second kappa shape index (κ2) is 5.50. The maximum Gasteiger partial charge on any atom is 0.372 e. The largest absolute Gasteiger partial charge is 0.465 e. The summed E-state index contributed by atoms with van der Waals surface area (Å²) in [5.74, 6) is -1.71. The summed E-state index contributed by atoms with van der Waals surface area (Å²) in [6.07, 6.45) is 0. The molecule has 0 rings (SSSR count). The zero-order chi connectivity index (χ0) is 11.4. The zero-order valence-corrected chi connectivity index (χ0v) is 9.12. The molecule has 0 fully saturated rings. The molecule has 0 aliphatic rings. The summed E-state index contributed by atoms with van der Waals surface area (Å²) in [5, 5.41) is -1.57. The highest BCUT2D eigenvalue weighted by Gasteiger charge is 2.37. The lowest BCUT2D eigenvalue weighted by Crippen LogP contribution is -2.29. The molecule has 3 nitrogen and oxygen atoms in total. The first-order valence-electron chi connectivity index (χ1n) is 3.69. The molecular formula is C7H9ClF2O3S. The molecule has 0 N–H and O–H groups in total. The molecule has 0 saturated heterocycles. The van der Waals surface area contributed by atoms with Crippen LogP contribution in [0.25, 0.3) is 0 Å². The molecule has 7 heteroatoms.